The van der Waals surface area contributed by atoms with Crippen molar-refractivity contribution in [3.8, 4) is 0 Å². The average molecular weight is 312 g/mol. The lowest BCUT2D eigenvalue weighted by Gasteiger charge is -2.23. The van der Waals surface area contributed by atoms with E-state index in [1.165, 1.54) is 11.6 Å². The molecule has 0 atom stereocenters. The first-order valence-electron chi connectivity index (χ1n) is 7.22. The maximum absolute atomic E-state index is 10.5. The molecule has 6 heteroatoms. The van der Waals surface area contributed by atoms with Gasteiger partial charge in [-0.3, -0.25) is 0 Å². The van der Waals surface area contributed by atoms with Crippen molar-refractivity contribution >= 4 is 17.0 Å². The summed E-state index contributed by atoms with van der Waals surface area (Å²) in [6.45, 7) is 1.10. The van der Waals surface area contributed by atoms with Gasteiger partial charge in [0.1, 0.15) is 17.6 Å². The minimum absolute atomic E-state index is 0.0567. The Kier molecular flexibility index (Phi) is 5.08. The molecule has 3 rings (SSSR count). The van der Waals surface area contributed by atoms with E-state index < -0.39 is 5.97 Å². The van der Waals surface area contributed by atoms with Crippen molar-refractivity contribution in [3.05, 3.63) is 59.7 Å². The largest absolute Gasteiger partial charge is 0.545 e. The van der Waals surface area contributed by atoms with Crippen LogP contribution in [0.2, 0.25) is 0 Å². The molecule has 0 unspecified atom stereocenters. The number of quaternary nitrogens is 1. The summed E-state index contributed by atoms with van der Waals surface area (Å²) in [5.41, 5.74) is 2.32. The van der Waals surface area contributed by atoms with Gasteiger partial charge in [0.25, 0.3) is 0 Å². The lowest BCUT2D eigenvalue weighted by Crippen LogP contribution is -2.33. The van der Waals surface area contributed by atoms with Crippen molar-refractivity contribution in [2.24, 2.45) is 0 Å². The van der Waals surface area contributed by atoms with E-state index in [1.54, 1.807) is 12.1 Å². The molecule has 0 radical (unpaired) electrons. The summed E-state index contributed by atoms with van der Waals surface area (Å²) in [4.78, 5) is 10.5. The van der Waals surface area contributed by atoms with Crippen LogP contribution < -0.4 is 5.11 Å². The summed E-state index contributed by atoms with van der Waals surface area (Å²) in [7, 11) is 6.60. The first-order chi connectivity index (χ1) is 10.9. The molecule has 1 heterocycles. The summed E-state index contributed by atoms with van der Waals surface area (Å²) in [6.07, 6.45) is 0. The number of carbonyl (C=O) groups is 1. The minimum Gasteiger partial charge on any atom is -0.545 e. The fourth-order valence-electron chi connectivity index (χ4n) is 2.16. The topological polar surface area (TPSA) is 81.7 Å². The van der Waals surface area contributed by atoms with Gasteiger partial charge < -0.3 is 14.4 Å². The molecule has 6 nitrogen and oxygen atoms in total. The van der Waals surface area contributed by atoms with E-state index >= 15 is 0 Å². The van der Waals surface area contributed by atoms with Crippen LogP contribution in [0, 0.1) is 0 Å². The second kappa shape index (κ2) is 7.02. The molecular formula is C17H20N4O2. The van der Waals surface area contributed by atoms with Crippen LogP contribution in [0.25, 0.3) is 11.0 Å². The monoisotopic (exact) mass is 312 g/mol. The molecule has 0 aliphatic rings. The van der Waals surface area contributed by atoms with Gasteiger partial charge in [0.05, 0.1) is 27.1 Å². The Labute approximate surface area is 135 Å². The zero-order chi connectivity index (χ0) is 16.9. The van der Waals surface area contributed by atoms with E-state index in [1.807, 2.05) is 0 Å². The van der Waals surface area contributed by atoms with Gasteiger partial charge in [-0.1, -0.05) is 42.5 Å². The number of aromatic amines is 1. The lowest BCUT2D eigenvalue weighted by atomic mass is 10.2. The van der Waals surface area contributed by atoms with Crippen LogP contribution in [0.3, 0.4) is 0 Å². The Hall–Kier alpha value is -2.73. The zero-order valence-corrected chi connectivity index (χ0v) is 13.5. The Morgan fingerprint density at radius 2 is 1.74 bits per heavy atom. The molecule has 0 saturated carbocycles. The molecule has 2 aromatic carbocycles. The molecule has 1 N–H and O–H groups in total. The van der Waals surface area contributed by atoms with Crippen molar-refractivity contribution in [1.82, 2.24) is 15.4 Å². The highest BCUT2D eigenvalue weighted by atomic mass is 16.4. The summed E-state index contributed by atoms with van der Waals surface area (Å²) in [5, 5.41) is 20.3. The minimum atomic E-state index is -1.24. The Morgan fingerprint density at radius 3 is 2.35 bits per heavy atom. The van der Waals surface area contributed by atoms with E-state index in [0.717, 1.165) is 11.0 Å². The number of carboxylic acid groups (broad SMARTS) is 1. The molecule has 120 valence electrons. The maximum atomic E-state index is 10.5. The normalized spacial score (nSPS) is 10.9. The number of H-pyrrole nitrogens is 1. The Bertz CT molecular complexity index is 776. The number of fused-ring (bicyclic) bond motifs is 1. The highest BCUT2D eigenvalue weighted by molar-refractivity contribution is 5.99. The number of carboxylic acids is 1. The Morgan fingerprint density at radius 1 is 1.04 bits per heavy atom. The summed E-state index contributed by atoms with van der Waals surface area (Å²) < 4.78 is 0.990. The van der Waals surface area contributed by atoms with Crippen molar-refractivity contribution in [3.63, 3.8) is 0 Å². The molecule has 23 heavy (non-hydrogen) atoms. The molecule has 0 saturated heterocycles. The molecule has 0 aliphatic heterocycles. The number of aromatic nitrogens is 3. The van der Waals surface area contributed by atoms with Crippen LogP contribution in [0.1, 0.15) is 15.9 Å². The standard InChI is InChI=1S/C10H16N.C7H5N3O2/c1-11(2,3)9-10-7-5-4-6-8-10;11-7(12)4-2-1-3-5-6(4)9-10-8-5/h4-8H,9H2,1-3H3;1-3H,(H,11,12)(H,8,9,10)/q+1;/p-1. The smallest absolute Gasteiger partial charge is 0.122 e. The molecule has 0 bridgehead atoms. The van der Waals surface area contributed by atoms with E-state index in [-0.39, 0.29) is 5.56 Å². The third-order valence-corrected chi connectivity index (χ3v) is 3.07. The van der Waals surface area contributed by atoms with Crippen molar-refractivity contribution < 1.29 is 14.4 Å². The van der Waals surface area contributed by atoms with Crippen molar-refractivity contribution in [1.29, 1.82) is 0 Å². The van der Waals surface area contributed by atoms with E-state index in [0.29, 0.717) is 11.0 Å². The lowest BCUT2D eigenvalue weighted by molar-refractivity contribution is -0.884. The average Bonchev–Trinajstić information content (AvgIpc) is 2.95. The van der Waals surface area contributed by atoms with Gasteiger partial charge in [-0.05, 0) is 6.07 Å². The third kappa shape index (κ3) is 4.89. The maximum Gasteiger partial charge on any atom is 0.122 e. The summed E-state index contributed by atoms with van der Waals surface area (Å²) in [5.74, 6) is -1.24. The molecule has 1 aromatic heterocycles. The van der Waals surface area contributed by atoms with Crippen LogP contribution >= 0.6 is 0 Å². The van der Waals surface area contributed by atoms with Gasteiger partial charge in [-0.25, -0.2) is 0 Å². The van der Waals surface area contributed by atoms with E-state index in [9.17, 15) is 9.90 Å². The highest BCUT2D eigenvalue weighted by Crippen LogP contribution is 2.11. The van der Waals surface area contributed by atoms with E-state index in [2.05, 4.69) is 66.9 Å². The molecule has 3 aromatic rings. The quantitative estimate of drug-likeness (QED) is 0.737. The number of nitrogens with zero attached hydrogens (tertiary/aromatic N) is 3. The highest BCUT2D eigenvalue weighted by Gasteiger charge is 2.06. The van der Waals surface area contributed by atoms with Crippen LogP contribution in [0.15, 0.2) is 48.5 Å². The van der Waals surface area contributed by atoms with Gasteiger partial charge in [0.2, 0.25) is 0 Å². The molecular weight excluding hydrogens is 292 g/mol. The SMILES string of the molecule is C[N+](C)(C)Cc1ccccc1.O=C([O-])c1cccc2n[nH]nc12. The predicted molar refractivity (Wildman–Crippen MR) is 86.4 cm³/mol. The molecule has 0 amide bonds. The van der Waals surface area contributed by atoms with Crippen LogP contribution in [-0.4, -0.2) is 47.0 Å². The zero-order valence-electron chi connectivity index (χ0n) is 13.5. The predicted octanol–water partition coefficient (Wildman–Crippen LogP) is 1.21. The van der Waals surface area contributed by atoms with Crippen LogP contribution in [-0.2, 0) is 6.54 Å². The summed E-state index contributed by atoms with van der Waals surface area (Å²) in [6, 6.07) is 15.3. The number of para-hydroxylation sites is 1. The van der Waals surface area contributed by atoms with Crippen molar-refractivity contribution in [2.75, 3.05) is 21.1 Å². The van der Waals surface area contributed by atoms with Gasteiger partial charge in [-0.15, -0.1) is 0 Å². The number of benzene rings is 2. The molecule has 0 fully saturated rings. The van der Waals surface area contributed by atoms with Gasteiger partial charge >= 0.3 is 0 Å². The fraction of sp³-hybridized carbons (Fsp3) is 0.235. The first kappa shape index (κ1) is 16.6. The molecule has 0 aliphatic carbocycles. The van der Waals surface area contributed by atoms with E-state index in [4.69, 9.17) is 0 Å². The first-order valence-corrected chi connectivity index (χ1v) is 7.22. The fourth-order valence-corrected chi connectivity index (χ4v) is 2.16. The van der Waals surface area contributed by atoms with Crippen LogP contribution in [0.4, 0.5) is 0 Å². The van der Waals surface area contributed by atoms with Crippen LogP contribution in [0.5, 0.6) is 0 Å². The summed E-state index contributed by atoms with van der Waals surface area (Å²) >= 11 is 0. The van der Waals surface area contributed by atoms with Gasteiger partial charge in [-0.2, -0.15) is 15.4 Å². The molecule has 0 spiro atoms. The van der Waals surface area contributed by atoms with Gasteiger partial charge in [0, 0.05) is 11.1 Å². The number of nitrogens with one attached hydrogen (secondary N) is 1. The number of aromatic carboxylic acids is 1. The second-order valence-electron chi connectivity index (χ2n) is 6.22. The second-order valence-corrected chi connectivity index (χ2v) is 6.22. The number of hydrogen-bond donors (Lipinski definition) is 1. The number of carbonyl (C=O) groups excluding carboxylic acids is 1. The number of hydrogen-bond acceptors (Lipinski definition) is 4. The number of rotatable bonds is 3. The van der Waals surface area contributed by atoms with Crippen molar-refractivity contribution in [2.45, 2.75) is 6.54 Å². The van der Waals surface area contributed by atoms with Gasteiger partial charge in [0.15, 0.2) is 0 Å². The Balaban J connectivity index is 0.000000168. The third-order valence-electron chi connectivity index (χ3n) is 3.07.